The second-order valence-corrected chi connectivity index (χ2v) is 6.57. The Balaban J connectivity index is 2.13. The van der Waals surface area contributed by atoms with E-state index >= 15 is 0 Å². The zero-order valence-electron chi connectivity index (χ0n) is 12.3. The van der Waals surface area contributed by atoms with E-state index in [1.165, 1.54) is 17.7 Å². The zero-order valence-corrected chi connectivity index (χ0v) is 12.3. The van der Waals surface area contributed by atoms with Crippen LogP contribution in [0.1, 0.15) is 44.6 Å². The van der Waals surface area contributed by atoms with Crippen molar-refractivity contribution in [1.82, 2.24) is 0 Å². The number of hydrogen-bond donors (Lipinski definition) is 1. The van der Waals surface area contributed by atoms with E-state index in [0.717, 1.165) is 31.2 Å². The maximum Gasteiger partial charge on any atom is 0.304 e. The molecule has 0 aliphatic heterocycles. The highest BCUT2D eigenvalue weighted by Gasteiger charge is 2.50. The molecule has 1 aromatic carbocycles. The molecule has 3 heteroatoms. The van der Waals surface area contributed by atoms with Crippen molar-refractivity contribution in [3.63, 3.8) is 0 Å². The van der Waals surface area contributed by atoms with Gasteiger partial charge in [0.05, 0.1) is 6.42 Å². The van der Waals surface area contributed by atoms with Gasteiger partial charge in [-0.3, -0.25) is 4.79 Å². The molecule has 1 saturated carbocycles. The van der Waals surface area contributed by atoms with E-state index in [1.807, 2.05) is 0 Å². The average molecular weight is 288 g/mol. The number of hydrogen-bond acceptors (Lipinski definition) is 1. The summed E-state index contributed by atoms with van der Waals surface area (Å²) in [5.41, 5.74) is 2.00. The van der Waals surface area contributed by atoms with Gasteiger partial charge in [-0.2, -0.15) is 0 Å². The maximum absolute atomic E-state index is 13.3. The van der Waals surface area contributed by atoms with Crippen molar-refractivity contribution in [1.29, 1.82) is 0 Å². The van der Waals surface area contributed by atoms with Crippen LogP contribution in [0.5, 0.6) is 0 Å². The van der Waals surface area contributed by atoms with Crippen LogP contribution < -0.4 is 0 Å². The molecule has 0 radical (unpaired) electrons. The fourth-order valence-corrected chi connectivity index (χ4v) is 4.56. The van der Waals surface area contributed by atoms with Crippen molar-refractivity contribution >= 4 is 5.97 Å². The third-order valence-corrected chi connectivity index (χ3v) is 5.34. The minimum absolute atomic E-state index is 0.137. The van der Waals surface area contributed by atoms with E-state index in [4.69, 9.17) is 0 Å². The molecule has 0 saturated heterocycles. The highest BCUT2D eigenvalue weighted by Crippen LogP contribution is 2.55. The van der Waals surface area contributed by atoms with E-state index in [-0.39, 0.29) is 23.6 Å². The summed E-state index contributed by atoms with van der Waals surface area (Å²) in [4.78, 5) is 11.5. The Labute approximate surface area is 124 Å². The summed E-state index contributed by atoms with van der Waals surface area (Å²) in [6.45, 7) is 2.14. The van der Waals surface area contributed by atoms with Gasteiger partial charge in [-0.05, 0) is 55.7 Å². The quantitative estimate of drug-likeness (QED) is 0.842. The van der Waals surface area contributed by atoms with Gasteiger partial charge >= 0.3 is 5.97 Å². The Kier molecular flexibility index (Phi) is 3.60. The molecular weight excluding hydrogens is 267 g/mol. The lowest BCUT2D eigenvalue weighted by Gasteiger charge is -2.52. The molecule has 21 heavy (non-hydrogen) atoms. The van der Waals surface area contributed by atoms with E-state index in [1.54, 1.807) is 12.1 Å². The molecule has 1 aromatic rings. The van der Waals surface area contributed by atoms with Gasteiger partial charge in [0.1, 0.15) is 5.82 Å². The van der Waals surface area contributed by atoms with Gasteiger partial charge in [0.15, 0.2) is 0 Å². The van der Waals surface area contributed by atoms with E-state index in [2.05, 4.69) is 13.0 Å². The SMILES string of the molecule is CC1=CC2CCCC(C1)[C@@]2(CC(=O)O)c1ccc(F)cc1. The summed E-state index contributed by atoms with van der Waals surface area (Å²) < 4.78 is 13.3. The highest BCUT2D eigenvalue weighted by molar-refractivity contribution is 5.69. The number of carbonyl (C=O) groups is 1. The summed E-state index contributed by atoms with van der Waals surface area (Å²) in [7, 11) is 0. The van der Waals surface area contributed by atoms with Crippen molar-refractivity contribution < 1.29 is 14.3 Å². The van der Waals surface area contributed by atoms with Gasteiger partial charge in [-0.15, -0.1) is 0 Å². The zero-order chi connectivity index (χ0) is 15.0. The van der Waals surface area contributed by atoms with Gasteiger partial charge in [-0.25, -0.2) is 4.39 Å². The minimum Gasteiger partial charge on any atom is -0.481 e. The van der Waals surface area contributed by atoms with E-state index < -0.39 is 5.97 Å². The van der Waals surface area contributed by atoms with Gasteiger partial charge in [-0.1, -0.05) is 30.2 Å². The van der Waals surface area contributed by atoms with Gasteiger partial charge in [0, 0.05) is 5.41 Å². The Morgan fingerprint density at radius 3 is 2.67 bits per heavy atom. The largest absolute Gasteiger partial charge is 0.481 e. The molecule has 2 nitrogen and oxygen atoms in total. The minimum atomic E-state index is -0.760. The summed E-state index contributed by atoms with van der Waals surface area (Å²) in [5, 5.41) is 9.47. The molecule has 2 aliphatic carbocycles. The van der Waals surface area contributed by atoms with E-state index in [9.17, 15) is 14.3 Å². The maximum atomic E-state index is 13.3. The molecule has 1 fully saturated rings. The number of fused-ring (bicyclic) bond motifs is 2. The third kappa shape index (κ3) is 2.39. The summed E-state index contributed by atoms with van der Waals surface area (Å²) in [6, 6.07) is 6.50. The topological polar surface area (TPSA) is 37.3 Å². The van der Waals surface area contributed by atoms with Crippen molar-refractivity contribution in [3.8, 4) is 0 Å². The van der Waals surface area contributed by atoms with Crippen LogP contribution in [0.3, 0.4) is 0 Å². The molecule has 3 atom stereocenters. The summed E-state index contributed by atoms with van der Waals surface area (Å²) >= 11 is 0. The number of aliphatic carboxylic acids is 1. The van der Waals surface area contributed by atoms with Gasteiger partial charge in [0.25, 0.3) is 0 Å². The predicted octanol–water partition coefficient (Wildman–Crippen LogP) is 4.30. The molecule has 2 aliphatic rings. The monoisotopic (exact) mass is 288 g/mol. The Bertz CT molecular complexity index is 575. The van der Waals surface area contributed by atoms with Crippen LogP contribution in [0.4, 0.5) is 4.39 Å². The molecule has 0 spiro atoms. The molecule has 2 unspecified atom stereocenters. The van der Waals surface area contributed by atoms with Crippen LogP contribution in [-0.4, -0.2) is 11.1 Å². The number of halogens is 1. The number of benzene rings is 1. The normalized spacial score (nSPS) is 31.6. The highest BCUT2D eigenvalue weighted by atomic mass is 19.1. The lowest BCUT2D eigenvalue weighted by atomic mass is 9.51. The van der Waals surface area contributed by atoms with E-state index in [0.29, 0.717) is 5.92 Å². The number of allylic oxidation sites excluding steroid dienone is 2. The first-order valence-corrected chi connectivity index (χ1v) is 7.67. The predicted molar refractivity (Wildman–Crippen MR) is 79.5 cm³/mol. The Morgan fingerprint density at radius 1 is 1.33 bits per heavy atom. The molecule has 2 bridgehead atoms. The molecule has 0 amide bonds. The second-order valence-electron chi connectivity index (χ2n) is 6.57. The van der Waals surface area contributed by atoms with Crippen molar-refractivity contribution in [3.05, 3.63) is 47.3 Å². The van der Waals surface area contributed by atoms with Gasteiger partial charge < -0.3 is 5.11 Å². The van der Waals surface area contributed by atoms with Crippen LogP contribution in [0.15, 0.2) is 35.9 Å². The van der Waals surface area contributed by atoms with Crippen molar-refractivity contribution in [2.24, 2.45) is 11.8 Å². The first-order chi connectivity index (χ1) is 10.0. The van der Waals surface area contributed by atoms with Crippen LogP contribution in [0.2, 0.25) is 0 Å². The van der Waals surface area contributed by atoms with Crippen molar-refractivity contribution in [2.45, 2.75) is 44.4 Å². The van der Waals surface area contributed by atoms with Crippen LogP contribution >= 0.6 is 0 Å². The second kappa shape index (κ2) is 5.28. The van der Waals surface area contributed by atoms with Gasteiger partial charge in [0.2, 0.25) is 0 Å². The summed E-state index contributed by atoms with van der Waals surface area (Å²) in [6.07, 6.45) is 6.60. The molecule has 0 aromatic heterocycles. The molecule has 3 rings (SSSR count). The number of carboxylic acid groups (broad SMARTS) is 1. The first kappa shape index (κ1) is 14.3. The smallest absolute Gasteiger partial charge is 0.304 e. The molecule has 112 valence electrons. The molecule has 1 N–H and O–H groups in total. The standard InChI is InChI=1S/C18H21FO2/c1-12-9-14-3-2-4-15(10-12)18(14,11-17(20)21)13-5-7-16(19)8-6-13/h5-9,14-15H,2-4,10-11H2,1H3,(H,20,21)/t14?,15?,18-/m0/s1. The third-order valence-electron chi connectivity index (χ3n) is 5.34. The van der Waals surface area contributed by atoms with Crippen LogP contribution in [0.25, 0.3) is 0 Å². The molecular formula is C18H21FO2. The Morgan fingerprint density at radius 2 is 2.05 bits per heavy atom. The average Bonchev–Trinajstić information content (AvgIpc) is 2.40. The number of rotatable bonds is 3. The Hall–Kier alpha value is -1.64. The summed E-state index contributed by atoms with van der Waals surface area (Å²) in [5.74, 6) is -0.421. The van der Waals surface area contributed by atoms with Crippen LogP contribution in [0, 0.1) is 17.7 Å². The van der Waals surface area contributed by atoms with Crippen molar-refractivity contribution in [2.75, 3.05) is 0 Å². The fraction of sp³-hybridized carbons (Fsp3) is 0.500. The number of carboxylic acids is 1. The fourth-order valence-electron chi connectivity index (χ4n) is 4.56. The lowest BCUT2D eigenvalue weighted by molar-refractivity contribution is -0.140. The first-order valence-electron chi connectivity index (χ1n) is 7.67. The lowest BCUT2D eigenvalue weighted by Crippen LogP contribution is -2.48. The molecule has 0 heterocycles. The van der Waals surface area contributed by atoms with Crippen LogP contribution in [-0.2, 0) is 10.2 Å².